The number of nitrogens with one attached hydrogen (secondary N) is 4. The summed E-state index contributed by atoms with van der Waals surface area (Å²) in [7, 11) is 0. The predicted molar refractivity (Wildman–Crippen MR) is 280 cm³/mol. The molecule has 0 aromatic carbocycles. The minimum Gasteiger partial charge on any atom is -0.394 e. The zero-order valence-corrected chi connectivity index (χ0v) is 48.8. The molecule has 34 atom stereocenters. The fraction of sp³-hybridized carbons (Fsp3) is 0.920. The maximum Gasteiger partial charge on any atom is 0.217 e. The molecule has 40 nitrogen and oxygen atoms in total. The lowest BCUT2D eigenvalue weighted by molar-refractivity contribution is -0.405. The van der Waals surface area contributed by atoms with Gasteiger partial charge in [-0.25, -0.2) is 0 Å². The normalized spacial score (nSPS) is 43.9. The highest BCUT2D eigenvalue weighted by Crippen LogP contribution is 2.39. The van der Waals surface area contributed by atoms with Gasteiger partial charge in [0.05, 0.1) is 58.9 Å². The standard InChI is InChI=1S/C50H86N4O36/c1-13(62)51-17(5-55)28(67)40(18(66)6-56)86-47-27(54-16(4)65)35(74)41(23(11-61)84-47)87-49-39(78)43(89-50-44(37(76)32(71)22(10-60)83-50)90-46-26(53-15(3)64)34(73)30(69)20(8-58)81-46)42(88-45-25(52-14(2)63)33(72)29(68)19(7-57)80-45)24(85-49)12-79-48-38(77)36(75)31(70)21(9-59)82-48/h17-50,55-61,66-78H,5-12H2,1-4H3,(H,51,62)(H,52,63)(H,53,64)(H,54,65)/t17-,18+,19+,20+,21+,22+,23+,24+,25+,26+,27+,28+,29+,30+,31+,32+,33+,34+,35+,36-,37-,38-,39-,40+,41+,42+,43+,44-,45-,46-,47-,48-,49-,50+/m0/s1. The molecule has 0 aromatic heterocycles. The van der Waals surface area contributed by atoms with Crippen molar-refractivity contribution in [2.75, 3.05) is 52.9 Å². The van der Waals surface area contributed by atoms with Crippen molar-refractivity contribution in [1.29, 1.82) is 0 Å². The van der Waals surface area contributed by atoms with Crippen molar-refractivity contribution in [2.45, 2.75) is 236 Å². The van der Waals surface area contributed by atoms with E-state index in [4.69, 9.17) is 56.8 Å². The lowest BCUT2D eigenvalue weighted by Crippen LogP contribution is -2.71. The second kappa shape index (κ2) is 33.8. The smallest absolute Gasteiger partial charge is 0.217 e. The molecular weight excluding hydrogens is 1230 g/mol. The molecule has 6 aliphatic heterocycles. The molecule has 0 unspecified atom stereocenters. The summed E-state index contributed by atoms with van der Waals surface area (Å²) in [4.78, 5) is 50.0. The van der Waals surface area contributed by atoms with E-state index in [1.54, 1.807) is 0 Å². The molecule has 24 N–H and O–H groups in total. The summed E-state index contributed by atoms with van der Waals surface area (Å²) in [5, 5.41) is 228. The summed E-state index contributed by atoms with van der Waals surface area (Å²) in [6, 6.07) is -7.18. The van der Waals surface area contributed by atoms with Gasteiger partial charge < -0.3 is 180 Å². The van der Waals surface area contributed by atoms with E-state index in [2.05, 4.69) is 21.3 Å². The number of carbonyl (C=O) groups is 4. The van der Waals surface area contributed by atoms with Gasteiger partial charge in [-0.3, -0.25) is 19.2 Å². The van der Waals surface area contributed by atoms with E-state index < -0.39 is 285 Å². The van der Waals surface area contributed by atoms with Crippen LogP contribution in [-0.4, -0.2) is 387 Å². The minimum absolute atomic E-state index is 0.785. The summed E-state index contributed by atoms with van der Waals surface area (Å²) in [5.41, 5.74) is 0. The lowest BCUT2D eigenvalue weighted by Gasteiger charge is -2.52. The Morgan fingerprint density at radius 2 is 0.778 bits per heavy atom. The molecule has 4 amide bonds. The highest BCUT2D eigenvalue weighted by Gasteiger charge is 2.59. The molecule has 6 aliphatic rings. The Kier molecular flexibility index (Phi) is 28.4. The van der Waals surface area contributed by atoms with Crippen LogP contribution in [0.15, 0.2) is 0 Å². The lowest BCUT2D eigenvalue weighted by atomic mass is 9.93. The second-order valence-corrected chi connectivity index (χ2v) is 22.3. The number of ether oxygens (including phenoxy) is 12. The Hall–Kier alpha value is -3.40. The van der Waals surface area contributed by atoms with Crippen LogP contribution in [0.4, 0.5) is 0 Å². The molecular formula is C50H86N4O36. The summed E-state index contributed by atoms with van der Waals surface area (Å²) in [6.07, 6.45) is -62.7. The van der Waals surface area contributed by atoms with Gasteiger partial charge in [-0.1, -0.05) is 0 Å². The van der Waals surface area contributed by atoms with Crippen molar-refractivity contribution in [3.63, 3.8) is 0 Å². The monoisotopic (exact) mass is 1320 g/mol. The van der Waals surface area contributed by atoms with Crippen molar-refractivity contribution in [3.05, 3.63) is 0 Å². The van der Waals surface area contributed by atoms with Gasteiger partial charge in [0, 0.05) is 27.7 Å². The molecule has 6 heterocycles. The maximum atomic E-state index is 12.9. The minimum atomic E-state index is -2.57. The molecule has 0 aliphatic carbocycles. The van der Waals surface area contributed by atoms with E-state index >= 15 is 0 Å². The van der Waals surface area contributed by atoms with Crippen LogP contribution in [0.1, 0.15) is 27.7 Å². The topological polar surface area (TPSA) is 632 Å². The third kappa shape index (κ3) is 17.5. The van der Waals surface area contributed by atoms with Crippen LogP contribution < -0.4 is 21.3 Å². The molecule has 0 saturated carbocycles. The van der Waals surface area contributed by atoms with Gasteiger partial charge >= 0.3 is 0 Å². The first kappa shape index (κ1) is 75.6. The maximum absolute atomic E-state index is 12.9. The van der Waals surface area contributed by atoms with E-state index in [0.717, 1.165) is 27.7 Å². The first-order valence-electron chi connectivity index (χ1n) is 28.5. The number of rotatable bonds is 27. The molecule has 6 saturated heterocycles. The summed E-state index contributed by atoms with van der Waals surface area (Å²) < 4.78 is 72.1. The molecule has 522 valence electrons. The molecule has 6 rings (SSSR count). The summed E-state index contributed by atoms with van der Waals surface area (Å²) in [5.74, 6) is -3.49. The Bertz CT molecular complexity index is 2260. The average molecular weight is 1320 g/mol. The zero-order valence-electron chi connectivity index (χ0n) is 48.8. The number of aliphatic hydroxyl groups excluding tert-OH is 20. The van der Waals surface area contributed by atoms with Crippen molar-refractivity contribution in [2.24, 2.45) is 0 Å². The number of hydrogen-bond donors (Lipinski definition) is 24. The van der Waals surface area contributed by atoms with Crippen LogP contribution >= 0.6 is 0 Å². The Balaban J connectivity index is 1.50. The van der Waals surface area contributed by atoms with Crippen LogP contribution in [0.3, 0.4) is 0 Å². The van der Waals surface area contributed by atoms with Gasteiger partial charge in [-0.05, 0) is 0 Å². The van der Waals surface area contributed by atoms with Crippen LogP contribution in [-0.2, 0) is 76.0 Å². The number of hydrogen-bond acceptors (Lipinski definition) is 36. The molecule has 0 aromatic rings. The fourth-order valence-corrected chi connectivity index (χ4v) is 11.1. The fourth-order valence-electron chi connectivity index (χ4n) is 11.1. The van der Waals surface area contributed by atoms with E-state index in [0.29, 0.717) is 0 Å². The molecule has 90 heavy (non-hydrogen) atoms. The van der Waals surface area contributed by atoms with Crippen molar-refractivity contribution >= 4 is 23.6 Å². The van der Waals surface area contributed by atoms with E-state index in [9.17, 15) is 121 Å². The molecule has 0 bridgehead atoms. The van der Waals surface area contributed by atoms with Crippen LogP contribution in [0.5, 0.6) is 0 Å². The number of amides is 4. The van der Waals surface area contributed by atoms with Gasteiger partial charge in [0.15, 0.2) is 37.7 Å². The van der Waals surface area contributed by atoms with Crippen LogP contribution in [0.25, 0.3) is 0 Å². The number of carbonyl (C=O) groups excluding carboxylic acids is 4. The number of aliphatic hydroxyl groups is 20. The third-order valence-corrected chi connectivity index (χ3v) is 15.8. The summed E-state index contributed by atoms with van der Waals surface area (Å²) >= 11 is 0. The Morgan fingerprint density at radius 1 is 0.378 bits per heavy atom. The zero-order chi connectivity index (χ0) is 66.9. The molecule has 0 radical (unpaired) electrons. The average Bonchev–Trinajstić information content (AvgIpc) is 0.780. The molecule has 0 spiro atoms. The Morgan fingerprint density at radius 3 is 1.23 bits per heavy atom. The quantitative estimate of drug-likeness (QED) is 0.0363. The van der Waals surface area contributed by atoms with E-state index in [1.165, 1.54) is 0 Å². The van der Waals surface area contributed by atoms with E-state index in [-0.39, 0.29) is 0 Å². The van der Waals surface area contributed by atoms with Gasteiger partial charge in [0.25, 0.3) is 0 Å². The first-order chi connectivity index (χ1) is 42.5. The highest BCUT2D eigenvalue weighted by molar-refractivity contribution is 5.74. The van der Waals surface area contributed by atoms with Crippen LogP contribution in [0, 0.1) is 0 Å². The largest absolute Gasteiger partial charge is 0.394 e. The summed E-state index contributed by atoms with van der Waals surface area (Å²) in [6.45, 7) is -4.73. The molecule has 6 fully saturated rings. The van der Waals surface area contributed by atoms with Gasteiger partial charge in [-0.2, -0.15) is 0 Å². The highest BCUT2D eigenvalue weighted by atomic mass is 16.8. The van der Waals surface area contributed by atoms with Crippen LogP contribution in [0.2, 0.25) is 0 Å². The third-order valence-electron chi connectivity index (χ3n) is 15.8. The van der Waals surface area contributed by atoms with E-state index in [1.807, 2.05) is 0 Å². The van der Waals surface area contributed by atoms with Gasteiger partial charge in [0.1, 0.15) is 165 Å². The van der Waals surface area contributed by atoms with Crippen molar-refractivity contribution in [1.82, 2.24) is 21.3 Å². The molecule has 40 heteroatoms. The first-order valence-corrected chi connectivity index (χ1v) is 28.5. The SMILES string of the molecule is CC(=O)N[C@H]1[C@H](O[C@@H]([C@H](O)[C@H](CO)NC(C)=O)[C@H](O)CO)O[C@H](CO)[C@@H](O[C@@H]2O[C@H](CO[C@H]3O[C@H](CO)[C@@H](O)[C@H](O)[C@@H]3O)[C@@H](O[C@@H]3O[C@H](CO)[C@@H](O)[C@H](O)[C@H]3NC(C)=O)[C@H](O[C@H]3O[C@H](CO)[C@@H](O)[C@H](O)[C@@H]3O[C@@H]3O[C@H](CO)[C@@H](O)[C@H](O)[C@H]3NC(C)=O)[C@@H]2O)[C@@H]1O. The second-order valence-electron chi connectivity index (χ2n) is 22.3. The van der Waals surface area contributed by atoms with Gasteiger partial charge in [0.2, 0.25) is 23.6 Å². The van der Waals surface area contributed by atoms with Crippen molar-refractivity contribution < 1.29 is 178 Å². The van der Waals surface area contributed by atoms with Gasteiger partial charge in [-0.15, -0.1) is 0 Å². The Labute approximate surface area is 511 Å². The van der Waals surface area contributed by atoms with Crippen molar-refractivity contribution in [3.8, 4) is 0 Å². The predicted octanol–water partition coefficient (Wildman–Crippen LogP) is -16.1.